The molecule has 0 N–H and O–H groups in total. The molecule has 2 aromatic carbocycles. The van der Waals surface area contributed by atoms with Crippen LogP contribution in [0.3, 0.4) is 0 Å². The van der Waals surface area contributed by atoms with Gasteiger partial charge in [-0.05, 0) is 5.56 Å². The van der Waals surface area contributed by atoms with E-state index in [4.69, 9.17) is 25.8 Å². The van der Waals surface area contributed by atoms with E-state index in [-0.39, 0.29) is 25.5 Å². The van der Waals surface area contributed by atoms with Crippen molar-refractivity contribution in [2.75, 3.05) is 6.61 Å². The molecule has 6 nitrogen and oxygen atoms in total. The van der Waals surface area contributed by atoms with Crippen LogP contribution in [0.25, 0.3) is 0 Å². The molecule has 1 aliphatic rings. The van der Waals surface area contributed by atoms with Crippen molar-refractivity contribution in [1.82, 2.24) is 0 Å². The van der Waals surface area contributed by atoms with Gasteiger partial charge in [-0.1, -0.05) is 35.9 Å². The van der Waals surface area contributed by atoms with Crippen LogP contribution in [0.4, 0.5) is 25.2 Å². The maximum absolute atomic E-state index is 10.7. The van der Waals surface area contributed by atoms with Gasteiger partial charge in [-0.2, -0.15) is 21.0 Å². The second-order valence-corrected chi connectivity index (χ2v) is 7.72. The third-order valence-corrected chi connectivity index (χ3v) is 2.77. The van der Waals surface area contributed by atoms with Gasteiger partial charge in [0.1, 0.15) is 18.5 Å². The summed E-state index contributed by atoms with van der Waals surface area (Å²) in [6.07, 6.45) is 0. The van der Waals surface area contributed by atoms with Crippen molar-refractivity contribution in [3.05, 3.63) is 71.8 Å². The van der Waals surface area contributed by atoms with Crippen molar-refractivity contribution in [2.24, 2.45) is 4.99 Å². The van der Waals surface area contributed by atoms with Crippen molar-refractivity contribution in [3.8, 4) is 24.3 Å². The van der Waals surface area contributed by atoms with Crippen LogP contribution in [-0.4, -0.2) is 12.5 Å². The Balaban J connectivity index is -0.000000229. The molecule has 2 aromatic rings. The molecule has 0 saturated heterocycles. The zero-order valence-corrected chi connectivity index (χ0v) is 22.8. The third-order valence-electron chi connectivity index (χ3n) is 2.77. The standard InChI is InChI=1S/C15H12NO.4C2H3N.F6P.Ru/c1-3-7-12(8-4-1)14-11-17-15(16-14)13-9-5-2-6-10-13;4*1-2-3;1-7(2,3,4,5)6;/h1-9,14H,11H2;4*1H3;;/q-1;;;;;-1;+2/t14-;;;;;;/m0....../s1. The summed E-state index contributed by atoms with van der Waals surface area (Å²) in [4.78, 5) is 4.59. The van der Waals surface area contributed by atoms with Crippen LogP contribution in [0.2, 0.25) is 0 Å². The molecule has 0 saturated carbocycles. The first kappa shape index (κ1) is 40.7. The van der Waals surface area contributed by atoms with E-state index in [2.05, 4.69) is 23.2 Å². The van der Waals surface area contributed by atoms with Crippen LogP contribution in [0, 0.1) is 51.4 Å². The van der Waals surface area contributed by atoms with Crippen LogP contribution >= 0.6 is 7.81 Å². The quantitative estimate of drug-likeness (QED) is 0.142. The Morgan fingerprint density at radius 1 is 0.784 bits per heavy atom. The summed E-state index contributed by atoms with van der Waals surface area (Å²) in [7, 11) is -10.7. The fourth-order valence-corrected chi connectivity index (χ4v) is 1.89. The van der Waals surface area contributed by atoms with Gasteiger partial charge in [0.05, 0.1) is 24.3 Å². The Morgan fingerprint density at radius 2 is 1.16 bits per heavy atom. The first-order valence-corrected chi connectivity index (χ1v) is 11.6. The number of benzene rings is 2. The van der Waals surface area contributed by atoms with Gasteiger partial charge in [-0.3, -0.25) is 4.99 Å². The minimum Gasteiger partial charge on any atom is -0.518 e. The fourth-order valence-electron chi connectivity index (χ4n) is 1.89. The zero-order chi connectivity index (χ0) is 28.7. The topological polar surface area (TPSA) is 117 Å². The van der Waals surface area contributed by atoms with Gasteiger partial charge in [0.15, 0.2) is 0 Å². The third kappa shape index (κ3) is 34.7. The Bertz CT molecular complexity index is 1010. The van der Waals surface area contributed by atoms with E-state index < -0.39 is 7.81 Å². The fraction of sp³-hybridized carbons (Fsp3) is 0.261. The summed E-state index contributed by atoms with van der Waals surface area (Å²) >= 11 is 0. The average molecular weight is 633 g/mol. The van der Waals surface area contributed by atoms with E-state index in [9.17, 15) is 25.2 Å². The number of hydrogen-bond acceptors (Lipinski definition) is 6. The molecule has 0 bridgehead atoms. The number of nitriles is 4. The predicted octanol–water partition coefficient (Wildman–Crippen LogP) is 8.50. The molecule has 3 rings (SSSR count). The van der Waals surface area contributed by atoms with E-state index >= 15 is 0 Å². The van der Waals surface area contributed by atoms with Crippen LogP contribution in [-0.2, 0) is 24.2 Å². The molecule has 0 amide bonds. The summed E-state index contributed by atoms with van der Waals surface area (Å²) in [5.74, 6) is 0.694. The predicted molar refractivity (Wildman–Crippen MR) is 126 cm³/mol. The first-order valence-electron chi connectivity index (χ1n) is 9.57. The molecule has 0 radical (unpaired) electrons. The minimum absolute atomic E-state index is 0. The number of nitrogens with zero attached hydrogens (tertiary/aromatic N) is 5. The van der Waals surface area contributed by atoms with Crippen molar-refractivity contribution >= 4 is 13.7 Å². The number of hydrogen-bond donors (Lipinski definition) is 0. The average Bonchev–Trinajstić information content (AvgIpc) is 3.26. The Kier molecular flexibility index (Phi) is 21.6. The number of ether oxygens (including phenoxy) is 1. The molecule has 0 unspecified atom stereocenters. The molecule has 0 fully saturated rings. The van der Waals surface area contributed by atoms with Gasteiger partial charge in [0.2, 0.25) is 0 Å². The minimum atomic E-state index is -10.7. The van der Waals surface area contributed by atoms with Crippen molar-refractivity contribution in [3.63, 3.8) is 0 Å². The molecule has 0 aliphatic carbocycles. The van der Waals surface area contributed by atoms with E-state index in [1.165, 1.54) is 33.3 Å². The van der Waals surface area contributed by atoms with Gasteiger partial charge >= 0.3 is 52.5 Å². The molecule has 0 aromatic heterocycles. The Hall–Kier alpha value is -3.50. The number of aliphatic imine (C=N–C) groups is 1. The Labute approximate surface area is 225 Å². The SMILES string of the molecule is CC#N.CC#N.CC#N.CC#N.F[P-](F)(F)(F)(F)F.[Ru+2].[c-]1ccccc1C1=N[C@H](c2ccccc2)CO1. The number of rotatable bonds is 2. The molecule has 14 heteroatoms. The molecular weight excluding hydrogens is 608 g/mol. The molecule has 1 aliphatic heterocycles. The van der Waals surface area contributed by atoms with Crippen molar-refractivity contribution in [1.29, 1.82) is 21.0 Å². The second-order valence-electron chi connectivity index (χ2n) is 5.80. The van der Waals surface area contributed by atoms with E-state index in [0.717, 1.165) is 5.56 Å². The summed E-state index contributed by atoms with van der Waals surface area (Å²) in [5.41, 5.74) is 2.12. The van der Waals surface area contributed by atoms with Crippen LogP contribution in [0.5, 0.6) is 0 Å². The normalized spacial score (nSPS) is 13.8. The second kappa shape index (κ2) is 19.7. The molecule has 0 spiro atoms. The van der Waals surface area contributed by atoms with E-state index in [1.807, 2.05) is 42.5 Å². The van der Waals surface area contributed by atoms with Gasteiger partial charge in [-0.25, -0.2) is 0 Å². The van der Waals surface area contributed by atoms with Crippen LogP contribution in [0.15, 0.2) is 59.6 Å². The number of halogens is 6. The largest absolute Gasteiger partial charge is 2.00 e. The molecule has 1 atom stereocenters. The summed E-state index contributed by atoms with van der Waals surface area (Å²) < 4.78 is 64.8. The molecule has 37 heavy (non-hydrogen) atoms. The van der Waals surface area contributed by atoms with E-state index in [1.54, 1.807) is 24.3 Å². The first-order chi connectivity index (χ1) is 16.5. The van der Waals surface area contributed by atoms with Crippen molar-refractivity contribution < 1.29 is 49.4 Å². The summed E-state index contributed by atoms with van der Waals surface area (Å²) in [6.45, 7) is 6.34. The summed E-state index contributed by atoms with van der Waals surface area (Å²) in [6, 6.07) is 28.2. The molecule has 202 valence electrons. The smallest absolute Gasteiger partial charge is 0.518 e. The Morgan fingerprint density at radius 3 is 1.51 bits per heavy atom. The maximum atomic E-state index is 9.87. The monoisotopic (exact) mass is 633 g/mol. The van der Waals surface area contributed by atoms with E-state index in [0.29, 0.717) is 12.5 Å². The van der Waals surface area contributed by atoms with Gasteiger partial charge < -0.3 is 4.74 Å². The maximum Gasteiger partial charge on any atom is 2.00 e. The van der Waals surface area contributed by atoms with Crippen LogP contribution in [0.1, 0.15) is 44.9 Å². The van der Waals surface area contributed by atoms with Crippen LogP contribution < -0.4 is 0 Å². The van der Waals surface area contributed by atoms with Gasteiger partial charge in [0.25, 0.3) is 0 Å². The van der Waals surface area contributed by atoms with Gasteiger partial charge in [-0.15, -0.1) is 30.3 Å². The summed E-state index contributed by atoms with van der Waals surface area (Å²) in [5, 5.41) is 29.3. The van der Waals surface area contributed by atoms with Crippen molar-refractivity contribution in [2.45, 2.75) is 33.7 Å². The zero-order valence-electron chi connectivity index (χ0n) is 20.2. The van der Waals surface area contributed by atoms with Gasteiger partial charge in [0, 0.05) is 27.7 Å². The molecular formula is C23H24F6N5OPRu. The molecule has 1 heterocycles.